The minimum atomic E-state index is -0.203. The smallest absolute Gasteiger partial charge is 0.173 e. The summed E-state index contributed by atoms with van der Waals surface area (Å²) in [6.45, 7) is 4.88. The molecule has 5 fully saturated rings. The van der Waals surface area contributed by atoms with Gasteiger partial charge in [0, 0.05) is 18.9 Å². The highest BCUT2D eigenvalue weighted by Crippen LogP contribution is 2.31. The van der Waals surface area contributed by atoms with E-state index in [-0.39, 0.29) is 16.7 Å². The molecule has 3 saturated carbocycles. The Bertz CT molecular complexity index is 2080. The lowest BCUT2D eigenvalue weighted by molar-refractivity contribution is -0.127. The largest absolute Gasteiger partial charge is 0.508 e. The molecule has 2 saturated heterocycles. The number of ketones is 2. The van der Waals surface area contributed by atoms with E-state index in [9.17, 15) is 9.59 Å². The first-order valence-corrected chi connectivity index (χ1v) is 26.7. The van der Waals surface area contributed by atoms with Crippen molar-refractivity contribution >= 4 is 27.5 Å². The fraction of sp³-hybridized carbons (Fsp3) is 0.467. The third kappa shape index (κ3) is 19.7. The van der Waals surface area contributed by atoms with Crippen LogP contribution in [-0.2, 0) is 22.4 Å². The van der Waals surface area contributed by atoms with E-state index >= 15 is 0 Å². The number of phenols is 1. The number of nitrogens with zero attached hydrogens (tertiary/aromatic N) is 1. The summed E-state index contributed by atoms with van der Waals surface area (Å²) >= 11 is 3.30. The van der Waals surface area contributed by atoms with Crippen LogP contribution in [0.4, 0.5) is 0 Å². The van der Waals surface area contributed by atoms with Gasteiger partial charge in [0.15, 0.2) is 11.9 Å². The molecule has 4 unspecified atom stereocenters. The number of benzene rings is 5. The molecule has 0 bridgehead atoms. The SMILES string of the molecule is O=C1CCCCC1Br.O=C1CCCCC1Oc1ccccc1.Oc1ccccc1.c1ccc(CC2CCN(C3CCCCC3Oc3ccccc3)CC2)cc1.c1ccc(CC2CCNCC2)cc1. The molecule has 4 atom stereocenters. The molecule has 5 aromatic rings. The van der Waals surface area contributed by atoms with Crippen molar-refractivity contribution in [2.45, 2.75) is 139 Å². The fourth-order valence-corrected chi connectivity index (χ4v) is 10.4. The number of piperidine rings is 2. The normalized spacial score (nSPS) is 22.2. The lowest BCUT2D eigenvalue weighted by Gasteiger charge is -2.43. The molecule has 10 rings (SSSR count). The molecule has 3 aliphatic carbocycles. The summed E-state index contributed by atoms with van der Waals surface area (Å²) in [6.07, 6.45) is 20.9. The maximum Gasteiger partial charge on any atom is 0.173 e. The summed E-state index contributed by atoms with van der Waals surface area (Å²) in [5.41, 5.74) is 2.99. The Morgan fingerprint density at radius 2 is 0.956 bits per heavy atom. The number of likely N-dealkylation sites (tertiary alicyclic amines) is 1. The van der Waals surface area contributed by atoms with Gasteiger partial charge < -0.3 is 19.9 Å². The van der Waals surface area contributed by atoms with Gasteiger partial charge in [0.2, 0.25) is 0 Å². The maximum absolute atomic E-state index is 11.5. The Kier molecular flexibility index (Phi) is 23.7. The molecule has 5 aromatic carbocycles. The van der Waals surface area contributed by atoms with Crippen LogP contribution in [0.5, 0.6) is 17.2 Å². The molecule has 364 valence electrons. The summed E-state index contributed by atoms with van der Waals surface area (Å²) in [7, 11) is 0. The first kappa shape index (κ1) is 52.6. The molecule has 2 N–H and O–H groups in total. The Morgan fingerprint density at radius 3 is 1.44 bits per heavy atom. The number of hydrogen-bond donors (Lipinski definition) is 2. The molecular formula is C60H77BrN2O5. The zero-order chi connectivity index (χ0) is 47.4. The van der Waals surface area contributed by atoms with Gasteiger partial charge in [-0.25, -0.2) is 0 Å². The molecule has 0 radical (unpaired) electrons. The first-order valence-electron chi connectivity index (χ1n) is 25.8. The van der Waals surface area contributed by atoms with Gasteiger partial charge in [-0.1, -0.05) is 144 Å². The van der Waals surface area contributed by atoms with Crippen LogP contribution in [0.2, 0.25) is 0 Å². The Morgan fingerprint density at radius 1 is 0.500 bits per heavy atom. The third-order valence-electron chi connectivity index (χ3n) is 13.8. The van der Waals surface area contributed by atoms with Crippen molar-refractivity contribution in [3.8, 4) is 17.2 Å². The van der Waals surface area contributed by atoms with Crippen molar-refractivity contribution in [2.75, 3.05) is 26.2 Å². The van der Waals surface area contributed by atoms with Crippen LogP contribution in [0, 0.1) is 11.8 Å². The van der Waals surface area contributed by atoms with Crippen LogP contribution in [0.15, 0.2) is 152 Å². The minimum absolute atomic E-state index is 0.177. The predicted octanol–water partition coefficient (Wildman–Crippen LogP) is 13.4. The number of carbonyl (C=O) groups is 2. The highest BCUT2D eigenvalue weighted by Gasteiger charge is 2.34. The van der Waals surface area contributed by atoms with Crippen LogP contribution in [0.25, 0.3) is 0 Å². The highest BCUT2D eigenvalue weighted by molar-refractivity contribution is 9.10. The van der Waals surface area contributed by atoms with E-state index in [0.29, 0.717) is 30.1 Å². The summed E-state index contributed by atoms with van der Waals surface area (Å²) < 4.78 is 12.0. The summed E-state index contributed by atoms with van der Waals surface area (Å²) in [4.78, 5) is 25.1. The number of para-hydroxylation sites is 3. The van der Waals surface area contributed by atoms with E-state index in [1.54, 1.807) is 24.3 Å². The molecule has 0 amide bonds. The zero-order valence-electron chi connectivity index (χ0n) is 40.4. The highest BCUT2D eigenvalue weighted by atomic mass is 79.9. The quantitative estimate of drug-likeness (QED) is 0.142. The van der Waals surface area contributed by atoms with Gasteiger partial charge in [0.25, 0.3) is 0 Å². The number of Topliss-reactive ketones (excluding diaryl/α,β-unsaturated/α-hetero) is 2. The predicted molar refractivity (Wildman–Crippen MR) is 282 cm³/mol. The van der Waals surface area contributed by atoms with E-state index in [1.807, 2.05) is 36.4 Å². The van der Waals surface area contributed by atoms with Gasteiger partial charge in [-0.3, -0.25) is 14.5 Å². The molecular weight excluding hydrogens is 909 g/mol. The van der Waals surface area contributed by atoms with Crippen molar-refractivity contribution in [1.82, 2.24) is 10.2 Å². The Balaban J connectivity index is 0.000000153. The van der Waals surface area contributed by atoms with Crippen molar-refractivity contribution in [2.24, 2.45) is 11.8 Å². The minimum Gasteiger partial charge on any atom is -0.508 e. The van der Waals surface area contributed by atoms with Crippen LogP contribution < -0.4 is 14.8 Å². The van der Waals surface area contributed by atoms with E-state index in [1.165, 1.54) is 108 Å². The van der Waals surface area contributed by atoms with Crippen LogP contribution >= 0.6 is 15.9 Å². The molecule has 8 heteroatoms. The Hall–Kier alpha value is -4.76. The van der Waals surface area contributed by atoms with E-state index in [2.05, 4.69) is 117 Å². The molecule has 68 heavy (non-hydrogen) atoms. The lowest BCUT2D eigenvalue weighted by Crippen LogP contribution is -2.50. The first-order chi connectivity index (χ1) is 33.4. The van der Waals surface area contributed by atoms with Gasteiger partial charge in [-0.2, -0.15) is 0 Å². The number of alkyl halides is 1. The van der Waals surface area contributed by atoms with E-state index in [4.69, 9.17) is 14.6 Å². The van der Waals surface area contributed by atoms with Crippen molar-refractivity contribution in [3.05, 3.63) is 163 Å². The second kappa shape index (κ2) is 30.7. The number of ether oxygens (including phenoxy) is 2. The fourth-order valence-electron chi connectivity index (χ4n) is 9.88. The molecule has 7 nitrogen and oxygen atoms in total. The van der Waals surface area contributed by atoms with Gasteiger partial charge in [-0.05, 0) is 175 Å². The molecule has 2 aliphatic heterocycles. The summed E-state index contributed by atoms with van der Waals surface area (Å²) in [5.74, 6) is 4.53. The van der Waals surface area contributed by atoms with Crippen LogP contribution in [-0.4, -0.2) is 70.8 Å². The number of aromatic hydroxyl groups is 1. The standard InChI is InChI=1S/C24H31NO.C12H17N.C12H14O2.C6H9BrO.C6H6O/c1-3-9-20(10-4-1)19-21-15-17-25(18-16-21)23-13-7-8-14-24(23)26-22-11-5-2-6-12-22;1-2-4-11(5-3-1)10-12-6-8-13-9-7-12;13-11-8-4-5-9-12(11)14-10-6-2-1-3-7-10;7-5-3-1-2-4-6(5)8;7-6-4-2-1-3-5-6/h1-6,9-12,21,23-24H,7-8,13-19H2;1-5,12-13H,6-10H2;1-3,6-7,12H,4-5,8-9H2;5H,1-4H2;1-5,7H. The van der Waals surface area contributed by atoms with E-state index in [0.717, 1.165) is 61.9 Å². The maximum atomic E-state index is 11.5. The van der Waals surface area contributed by atoms with Crippen molar-refractivity contribution < 1.29 is 24.2 Å². The molecule has 0 aromatic heterocycles. The van der Waals surface area contributed by atoms with Gasteiger partial charge in [-0.15, -0.1) is 0 Å². The van der Waals surface area contributed by atoms with Gasteiger partial charge >= 0.3 is 0 Å². The number of phenolic OH excluding ortho intramolecular Hbond substituents is 1. The van der Waals surface area contributed by atoms with Crippen LogP contribution in [0.1, 0.15) is 114 Å². The molecule has 2 heterocycles. The topological polar surface area (TPSA) is 88.1 Å². The monoisotopic (exact) mass is 985 g/mol. The number of nitrogens with one attached hydrogen (secondary N) is 1. The Labute approximate surface area is 416 Å². The van der Waals surface area contributed by atoms with Gasteiger partial charge in [0.05, 0.1) is 4.83 Å². The second-order valence-electron chi connectivity index (χ2n) is 19.0. The lowest BCUT2D eigenvalue weighted by atomic mass is 9.86. The van der Waals surface area contributed by atoms with Crippen molar-refractivity contribution in [1.29, 1.82) is 0 Å². The average molecular weight is 986 g/mol. The number of rotatable bonds is 9. The third-order valence-corrected chi connectivity index (χ3v) is 14.7. The number of halogens is 1. The summed E-state index contributed by atoms with van der Waals surface area (Å²) in [5, 5.41) is 12.0. The number of carbonyl (C=O) groups excluding carboxylic acids is 2. The van der Waals surface area contributed by atoms with Crippen LogP contribution in [0.3, 0.4) is 0 Å². The van der Waals surface area contributed by atoms with E-state index < -0.39 is 0 Å². The molecule has 5 aliphatic rings. The molecule has 0 spiro atoms. The summed E-state index contributed by atoms with van der Waals surface area (Å²) in [6, 6.07) is 51.1. The van der Waals surface area contributed by atoms with Gasteiger partial charge in [0.1, 0.15) is 29.1 Å². The average Bonchev–Trinajstić information content (AvgIpc) is 3.39. The zero-order valence-corrected chi connectivity index (χ0v) is 41.9. The second-order valence-corrected chi connectivity index (χ2v) is 20.1. The van der Waals surface area contributed by atoms with Crippen molar-refractivity contribution in [3.63, 3.8) is 0 Å². The number of hydrogen-bond acceptors (Lipinski definition) is 7.